The lowest BCUT2D eigenvalue weighted by molar-refractivity contribution is 0.130. The van der Waals surface area contributed by atoms with E-state index < -0.39 is 0 Å². The monoisotopic (exact) mass is 246 g/mol. The molecule has 2 N–H and O–H groups in total. The van der Waals surface area contributed by atoms with Gasteiger partial charge in [0.25, 0.3) is 0 Å². The van der Waals surface area contributed by atoms with E-state index in [9.17, 15) is 0 Å². The Morgan fingerprint density at radius 3 is 2.94 bits per heavy atom. The van der Waals surface area contributed by atoms with E-state index in [-0.39, 0.29) is 0 Å². The average Bonchev–Trinajstić information content (AvgIpc) is 2.74. The Labute approximate surface area is 103 Å². The molecule has 1 saturated heterocycles. The predicted octanol–water partition coefficient (Wildman–Crippen LogP) is 0.648. The van der Waals surface area contributed by atoms with Crippen LogP contribution < -0.4 is 5.73 Å². The lowest BCUT2D eigenvalue weighted by Gasteiger charge is -2.24. The molecular formula is C11H22N2O2S. The third-order valence-corrected chi connectivity index (χ3v) is 3.03. The quantitative estimate of drug-likeness (QED) is 0.637. The van der Waals surface area contributed by atoms with E-state index in [1.54, 1.807) is 7.11 Å². The topological polar surface area (TPSA) is 47.7 Å². The van der Waals surface area contributed by atoms with Crippen LogP contribution in [0.2, 0.25) is 0 Å². The highest BCUT2D eigenvalue weighted by Gasteiger charge is 2.18. The fraction of sp³-hybridized carbons (Fsp3) is 0.909. The minimum Gasteiger partial charge on any atom is -0.393 e. The lowest BCUT2D eigenvalue weighted by atomic mass is 10.1. The van der Waals surface area contributed by atoms with Gasteiger partial charge in [0.05, 0.1) is 18.2 Å². The molecule has 1 aliphatic rings. The largest absolute Gasteiger partial charge is 0.393 e. The van der Waals surface area contributed by atoms with Crippen molar-refractivity contribution in [1.29, 1.82) is 0 Å². The predicted molar refractivity (Wildman–Crippen MR) is 68.6 cm³/mol. The molecule has 0 radical (unpaired) electrons. The molecule has 1 fully saturated rings. The Morgan fingerprint density at radius 1 is 1.56 bits per heavy atom. The molecule has 1 rings (SSSR count). The molecule has 0 aliphatic carbocycles. The van der Waals surface area contributed by atoms with E-state index in [2.05, 4.69) is 4.90 Å². The zero-order valence-corrected chi connectivity index (χ0v) is 10.8. The second-order valence-corrected chi connectivity index (χ2v) is 4.76. The summed E-state index contributed by atoms with van der Waals surface area (Å²) in [5, 5.41) is 0. The normalized spacial score (nSPS) is 20.5. The van der Waals surface area contributed by atoms with Crippen LogP contribution in [0.5, 0.6) is 0 Å². The number of methoxy groups -OCH3 is 1. The summed E-state index contributed by atoms with van der Waals surface area (Å²) in [6, 6.07) is 0. The molecule has 5 heteroatoms. The van der Waals surface area contributed by atoms with Crippen LogP contribution in [0.15, 0.2) is 0 Å². The van der Waals surface area contributed by atoms with Gasteiger partial charge in [-0.25, -0.2) is 0 Å². The van der Waals surface area contributed by atoms with Crippen molar-refractivity contribution < 1.29 is 9.47 Å². The Bertz CT molecular complexity index is 208. The zero-order valence-electron chi connectivity index (χ0n) is 9.98. The highest BCUT2D eigenvalue weighted by atomic mass is 32.1. The molecule has 1 aliphatic heterocycles. The fourth-order valence-corrected chi connectivity index (χ4v) is 1.97. The van der Waals surface area contributed by atoms with Crippen LogP contribution >= 0.6 is 12.2 Å². The minimum absolute atomic E-state index is 0.588. The molecule has 0 amide bonds. The van der Waals surface area contributed by atoms with Crippen molar-refractivity contribution in [1.82, 2.24) is 4.90 Å². The van der Waals surface area contributed by atoms with Gasteiger partial charge in [0.15, 0.2) is 0 Å². The minimum atomic E-state index is 0.588. The molecule has 0 spiro atoms. The van der Waals surface area contributed by atoms with E-state index in [4.69, 9.17) is 27.4 Å². The van der Waals surface area contributed by atoms with Crippen LogP contribution in [0.25, 0.3) is 0 Å². The van der Waals surface area contributed by atoms with Gasteiger partial charge in [-0.2, -0.15) is 0 Å². The number of hydrogen-bond donors (Lipinski definition) is 1. The molecule has 1 atom stereocenters. The molecule has 0 aromatic carbocycles. The highest BCUT2D eigenvalue weighted by Crippen LogP contribution is 2.14. The molecule has 0 saturated carbocycles. The molecule has 94 valence electrons. The Morgan fingerprint density at radius 2 is 2.38 bits per heavy atom. The van der Waals surface area contributed by atoms with Gasteiger partial charge in [0.2, 0.25) is 0 Å². The van der Waals surface area contributed by atoms with Gasteiger partial charge in [-0.3, -0.25) is 0 Å². The molecule has 1 unspecified atom stereocenters. The first-order valence-electron chi connectivity index (χ1n) is 5.79. The van der Waals surface area contributed by atoms with Gasteiger partial charge in [0.1, 0.15) is 0 Å². The first-order valence-corrected chi connectivity index (χ1v) is 6.20. The average molecular weight is 246 g/mol. The summed E-state index contributed by atoms with van der Waals surface area (Å²) in [7, 11) is 1.73. The number of nitrogens with zero attached hydrogens (tertiary/aromatic N) is 1. The lowest BCUT2D eigenvalue weighted by Crippen LogP contribution is -2.35. The summed E-state index contributed by atoms with van der Waals surface area (Å²) in [6.45, 7) is 5.47. The van der Waals surface area contributed by atoms with E-state index in [1.165, 1.54) is 0 Å². The summed E-state index contributed by atoms with van der Waals surface area (Å²) in [5.41, 5.74) is 5.53. The van der Waals surface area contributed by atoms with Crippen molar-refractivity contribution >= 4 is 17.2 Å². The molecule has 0 bridgehead atoms. The number of thiocarbonyl (C=S) groups is 1. The smallest absolute Gasteiger partial charge is 0.0740 e. The summed E-state index contributed by atoms with van der Waals surface area (Å²) in [4.78, 5) is 2.95. The fourth-order valence-electron chi connectivity index (χ4n) is 1.88. The van der Waals surface area contributed by atoms with E-state index in [0.717, 1.165) is 52.3 Å². The zero-order chi connectivity index (χ0) is 11.8. The maximum Gasteiger partial charge on any atom is 0.0740 e. The van der Waals surface area contributed by atoms with Gasteiger partial charge in [-0.05, 0) is 12.3 Å². The number of ether oxygens (including phenoxy) is 2. The third kappa shape index (κ3) is 5.75. The number of hydrogen-bond acceptors (Lipinski definition) is 4. The van der Waals surface area contributed by atoms with Crippen LogP contribution in [-0.2, 0) is 9.47 Å². The molecule has 1 heterocycles. The van der Waals surface area contributed by atoms with Gasteiger partial charge in [-0.15, -0.1) is 0 Å². The van der Waals surface area contributed by atoms with Gasteiger partial charge < -0.3 is 20.1 Å². The maximum atomic E-state index is 5.53. The van der Waals surface area contributed by atoms with Gasteiger partial charge >= 0.3 is 0 Å². The second-order valence-electron chi connectivity index (χ2n) is 4.24. The van der Waals surface area contributed by atoms with Gasteiger partial charge in [-0.1, -0.05) is 12.2 Å². The summed E-state index contributed by atoms with van der Waals surface area (Å²) >= 11 is 4.90. The highest BCUT2D eigenvalue weighted by molar-refractivity contribution is 7.80. The number of rotatable bonds is 8. The van der Waals surface area contributed by atoms with Crippen molar-refractivity contribution in [2.75, 3.05) is 46.6 Å². The van der Waals surface area contributed by atoms with Crippen LogP contribution in [-0.4, -0.2) is 56.5 Å². The van der Waals surface area contributed by atoms with Crippen LogP contribution in [0, 0.1) is 5.92 Å². The summed E-state index contributed by atoms with van der Waals surface area (Å²) in [5.74, 6) is 0.656. The van der Waals surface area contributed by atoms with E-state index in [0.29, 0.717) is 10.9 Å². The first-order chi connectivity index (χ1) is 7.72. The molecule has 0 aromatic rings. The van der Waals surface area contributed by atoms with E-state index in [1.807, 2.05) is 0 Å². The van der Waals surface area contributed by atoms with Crippen LogP contribution in [0.4, 0.5) is 0 Å². The van der Waals surface area contributed by atoms with Crippen molar-refractivity contribution in [2.24, 2.45) is 11.7 Å². The number of nitrogens with two attached hydrogens (primary N) is 1. The van der Waals surface area contributed by atoms with E-state index >= 15 is 0 Å². The van der Waals surface area contributed by atoms with Crippen LogP contribution in [0.3, 0.4) is 0 Å². The molecule has 4 nitrogen and oxygen atoms in total. The van der Waals surface area contributed by atoms with Crippen molar-refractivity contribution in [3.05, 3.63) is 0 Å². The summed E-state index contributed by atoms with van der Waals surface area (Å²) in [6.07, 6.45) is 1.95. The Kier molecular flexibility index (Phi) is 6.87. The van der Waals surface area contributed by atoms with Crippen molar-refractivity contribution in [2.45, 2.75) is 12.8 Å². The molecule has 16 heavy (non-hydrogen) atoms. The summed E-state index contributed by atoms with van der Waals surface area (Å²) < 4.78 is 10.5. The van der Waals surface area contributed by atoms with Crippen molar-refractivity contribution in [3.63, 3.8) is 0 Å². The molecule has 0 aromatic heterocycles. The SMILES string of the molecule is COCCN(CCC(N)=S)CC1CCOC1. The Hall–Kier alpha value is -0.230. The van der Waals surface area contributed by atoms with Gasteiger partial charge in [0, 0.05) is 39.8 Å². The second kappa shape index (κ2) is 7.95. The third-order valence-electron chi connectivity index (χ3n) is 2.83. The maximum absolute atomic E-state index is 5.53. The van der Waals surface area contributed by atoms with Crippen LogP contribution in [0.1, 0.15) is 12.8 Å². The standard InChI is InChI=1S/C11H22N2O2S/c1-14-7-5-13(4-2-11(12)16)8-10-3-6-15-9-10/h10H,2-9H2,1H3,(H2,12,16). The van der Waals surface area contributed by atoms with Crippen molar-refractivity contribution in [3.8, 4) is 0 Å². The first kappa shape index (κ1) is 13.8. The Balaban J connectivity index is 2.26. The molecular weight excluding hydrogens is 224 g/mol.